The molecule has 2 atom stereocenters. The summed E-state index contributed by atoms with van der Waals surface area (Å²) in [5.74, 6) is 0.899. The molecule has 2 unspecified atom stereocenters. The maximum atomic E-state index is 6.94. The normalized spacial score (nSPS) is 15.3. The van der Waals surface area contributed by atoms with Crippen molar-refractivity contribution < 1.29 is 4.42 Å². The lowest BCUT2D eigenvalue weighted by Gasteiger charge is -2.39. The summed E-state index contributed by atoms with van der Waals surface area (Å²) in [6.07, 6.45) is -0.717. The van der Waals surface area contributed by atoms with Gasteiger partial charge in [0.2, 0.25) is 0 Å². The number of nitrogens with one attached hydrogen (secondary N) is 1. The molecule has 15 rings (SSSR count). The van der Waals surface area contributed by atoms with Crippen LogP contribution in [0.3, 0.4) is 0 Å². The molecule has 0 amide bonds. The van der Waals surface area contributed by atoms with Crippen molar-refractivity contribution in [2.75, 3.05) is 7.05 Å². The van der Waals surface area contributed by atoms with Gasteiger partial charge in [0.15, 0.2) is 0 Å². The van der Waals surface area contributed by atoms with Gasteiger partial charge in [-0.2, -0.15) is 0 Å². The first-order valence-corrected chi connectivity index (χ1v) is 24.7. The van der Waals surface area contributed by atoms with Crippen LogP contribution in [0.5, 0.6) is 0 Å². The maximum Gasteiger partial charge on any atom is 0.137 e. The molecule has 6 heteroatoms. The summed E-state index contributed by atoms with van der Waals surface area (Å²) in [6.45, 7) is 0. The molecular formula is C66H45N5O. The van der Waals surface area contributed by atoms with Gasteiger partial charge in [-0.15, -0.1) is 0 Å². The van der Waals surface area contributed by atoms with Crippen LogP contribution in [0.15, 0.2) is 246 Å². The minimum atomic E-state index is -0.379. The number of hydrogen-bond donors (Lipinski definition) is 1. The molecule has 1 aliphatic heterocycles. The molecule has 11 aromatic carbocycles. The van der Waals surface area contributed by atoms with Crippen LogP contribution >= 0.6 is 0 Å². The molecular weight excluding hydrogens is 879 g/mol. The highest BCUT2D eigenvalue weighted by atomic mass is 16.3. The smallest absolute Gasteiger partial charge is 0.137 e. The largest absolute Gasteiger partial charge is 0.456 e. The Balaban J connectivity index is 0.969. The fourth-order valence-electron chi connectivity index (χ4n) is 11.8. The summed E-state index contributed by atoms with van der Waals surface area (Å²) in [6, 6.07) is 85.5. The Morgan fingerprint density at radius 1 is 0.403 bits per heavy atom. The van der Waals surface area contributed by atoms with Crippen molar-refractivity contribution >= 4 is 92.9 Å². The first kappa shape index (κ1) is 40.6. The topological polar surface area (TPSA) is 50.6 Å². The number of hydrogen-bond acceptors (Lipinski definition) is 4. The molecule has 0 saturated heterocycles. The zero-order chi connectivity index (χ0) is 47.4. The van der Waals surface area contributed by atoms with Gasteiger partial charge in [0.25, 0.3) is 0 Å². The van der Waals surface area contributed by atoms with Crippen LogP contribution in [-0.4, -0.2) is 26.9 Å². The van der Waals surface area contributed by atoms with Gasteiger partial charge in [-0.05, 0) is 105 Å². The van der Waals surface area contributed by atoms with Crippen molar-refractivity contribution in [2.45, 2.75) is 12.3 Å². The minimum absolute atomic E-state index is 0.337. The minimum Gasteiger partial charge on any atom is -0.456 e. The number of rotatable bonds is 6. The van der Waals surface area contributed by atoms with E-state index < -0.39 is 0 Å². The summed E-state index contributed by atoms with van der Waals surface area (Å²) in [7, 11) is 2.18. The molecule has 4 heterocycles. The van der Waals surface area contributed by atoms with E-state index in [1.165, 1.54) is 59.7 Å². The molecule has 0 radical (unpaired) electrons. The van der Waals surface area contributed by atoms with Gasteiger partial charge < -0.3 is 18.5 Å². The highest BCUT2D eigenvalue weighted by Crippen LogP contribution is 2.44. The molecule has 0 saturated carbocycles. The number of nitrogens with zero attached hydrogens (tertiary/aromatic N) is 4. The summed E-state index contributed by atoms with van der Waals surface area (Å²) in [4.78, 5) is 8.00. The van der Waals surface area contributed by atoms with Crippen molar-refractivity contribution in [1.82, 2.24) is 19.4 Å². The van der Waals surface area contributed by atoms with Gasteiger partial charge in [0.05, 0.1) is 27.8 Å². The summed E-state index contributed by atoms with van der Waals surface area (Å²) in [5.41, 5.74) is 14.0. The van der Waals surface area contributed by atoms with Crippen LogP contribution < -0.4 is 5.32 Å². The molecule has 0 aliphatic carbocycles. The third kappa shape index (κ3) is 6.22. The Kier molecular flexibility index (Phi) is 8.98. The summed E-state index contributed by atoms with van der Waals surface area (Å²) < 4.78 is 11.8. The Bertz CT molecular complexity index is 4510. The van der Waals surface area contributed by atoms with Gasteiger partial charge in [-0.1, -0.05) is 164 Å². The van der Waals surface area contributed by atoms with Crippen molar-refractivity contribution in [3.63, 3.8) is 0 Å². The van der Waals surface area contributed by atoms with E-state index >= 15 is 0 Å². The SMILES string of the molecule is CN1C(c2ccc3c(c2)c2ccccc2n3-c2ccccc2)=NC(c2ccc(-c3ccccc3)cc2)NC1c1cc(-n2c3cc4ccccc4cc3c3c4ccccc4ccc32)cc2oc3ccccc3c12. The average Bonchev–Trinajstić information content (AvgIpc) is 4.10. The van der Waals surface area contributed by atoms with E-state index in [4.69, 9.17) is 9.41 Å². The monoisotopic (exact) mass is 923 g/mol. The van der Waals surface area contributed by atoms with Crippen molar-refractivity contribution in [1.29, 1.82) is 0 Å². The van der Waals surface area contributed by atoms with Gasteiger partial charge >= 0.3 is 0 Å². The van der Waals surface area contributed by atoms with Crippen molar-refractivity contribution in [3.05, 3.63) is 253 Å². The van der Waals surface area contributed by atoms with Gasteiger partial charge in [-0.3, -0.25) is 5.32 Å². The second-order valence-corrected chi connectivity index (χ2v) is 19.2. The average molecular weight is 924 g/mol. The number of aliphatic imine (C=N–C) groups is 1. The number of furan rings is 1. The van der Waals surface area contributed by atoms with E-state index in [9.17, 15) is 0 Å². The third-order valence-electron chi connectivity index (χ3n) is 15.1. The second-order valence-electron chi connectivity index (χ2n) is 19.2. The third-order valence-corrected chi connectivity index (χ3v) is 15.1. The van der Waals surface area contributed by atoms with Crippen LogP contribution in [0.4, 0.5) is 0 Å². The first-order chi connectivity index (χ1) is 35.6. The fourth-order valence-corrected chi connectivity index (χ4v) is 11.8. The Hall–Kier alpha value is -9.23. The number of benzene rings is 11. The molecule has 0 fully saturated rings. The lowest BCUT2D eigenvalue weighted by atomic mass is 9.98. The Morgan fingerprint density at radius 3 is 1.85 bits per heavy atom. The fraction of sp³-hybridized carbons (Fsp3) is 0.0455. The molecule has 1 aliphatic rings. The van der Waals surface area contributed by atoms with E-state index in [2.05, 4.69) is 263 Å². The van der Waals surface area contributed by atoms with E-state index in [0.29, 0.717) is 0 Å². The van der Waals surface area contributed by atoms with Gasteiger partial charge in [-0.25, -0.2) is 4.99 Å². The molecule has 14 aromatic rings. The van der Waals surface area contributed by atoms with Crippen LogP contribution in [0, 0.1) is 0 Å². The summed E-state index contributed by atoms with van der Waals surface area (Å²) in [5, 5.41) is 16.0. The highest BCUT2D eigenvalue weighted by Gasteiger charge is 2.34. The quantitative estimate of drug-likeness (QED) is 0.181. The predicted molar refractivity (Wildman–Crippen MR) is 299 cm³/mol. The molecule has 340 valence electrons. The molecule has 72 heavy (non-hydrogen) atoms. The van der Waals surface area contributed by atoms with Gasteiger partial charge in [0.1, 0.15) is 29.3 Å². The van der Waals surface area contributed by atoms with Crippen LogP contribution in [0.2, 0.25) is 0 Å². The van der Waals surface area contributed by atoms with Crippen molar-refractivity contribution in [2.24, 2.45) is 4.99 Å². The molecule has 1 N–H and O–H groups in total. The Morgan fingerprint density at radius 2 is 1.03 bits per heavy atom. The molecule has 0 bridgehead atoms. The van der Waals surface area contributed by atoms with E-state index in [1.807, 2.05) is 0 Å². The standard InChI is InChI=1S/C66H45N5O/c1-69-65(47-33-34-57-53(37-47)51-24-12-14-26-56(51)70(57)48-21-6-3-7-22-48)67-64(44-30-28-42(29-31-44)41-16-4-2-5-17-41)68-66(69)55-39-49(40-61-63(55)52-25-13-15-27-60(52)72-61)71-58-35-32-43-18-10-11-23-50(43)62(58)54-36-45-19-8-9-20-46(45)38-59(54)71/h2-40,64,66,68H,1H3. The van der Waals surface area contributed by atoms with Crippen LogP contribution in [0.25, 0.3) is 110 Å². The van der Waals surface area contributed by atoms with Crippen LogP contribution in [-0.2, 0) is 0 Å². The number of amidine groups is 1. The van der Waals surface area contributed by atoms with Crippen LogP contribution in [0.1, 0.15) is 29.0 Å². The number of aromatic nitrogens is 2. The number of para-hydroxylation sites is 3. The maximum absolute atomic E-state index is 6.94. The highest BCUT2D eigenvalue weighted by molar-refractivity contribution is 6.23. The summed E-state index contributed by atoms with van der Waals surface area (Å²) >= 11 is 0. The lowest BCUT2D eigenvalue weighted by molar-refractivity contribution is 0.259. The zero-order valence-electron chi connectivity index (χ0n) is 39.4. The predicted octanol–water partition coefficient (Wildman–Crippen LogP) is 16.4. The number of fused-ring (bicyclic) bond motifs is 12. The van der Waals surface area contributed by atoms with Gasteiger partial charge in [0, 0.05) is 62.2 Å². The molecule has 0 spiro atoms. The van der Waals surface area contributed by atoms with Crippen molar-refractivity contribution in [3.8, 4) is 22.5 Å². The lowest BCUT2D eigenvalue weighted by Crippen LogP contribution is -2.46. The second kappa shape index (κ2) is 15.9. The Labute approximate surface area is 414 Å². The van der Waals surface area contributed by atoms with E-state index in [1.54, 1.807) is 0 Å². The molecule has 3 aromatic heterocycles. The van der Waals surface area contributed by atoms with E-state index in [-0.39, 0.29) is 12.3 Å². The molecule has 6 nitrogen and oxygen atoms in total. The zero-order valence-corrected chi connectivity index (χ0v) is 39.4. The first-order valence-electron chi connectivity index (χ1n) is 24.7. The van der Waals surface area contributed by atoms with E-state index in [0.717, 1.165) is 72.4 Å².